The third-order valence-corrected chi connectivity index (χ3v) is 3.79. The van der Waals surface area contributed by atoms with Gasteiger partial charge in [0.15, 0.2) is 16.9 Å². The minimum absolute atomic E-state index is 0.312. The van der Waals surface area contributed by atoms with Crippen LogP contribution >= 0.6 is 0 Å². The maximum absolute atomic E-state index is 10.2. The first kappa shape index (κ1) is 20.5. The zero-order valence-electron chi connectivity index (χ0n) is 16.5. The molecule has 30 heavy (non-hydrogen) atoms. The summed E-state index contributed by atoms with van der Waals surface area (Å²) >= 11 is 0. The lowest BCUT2D eigenvalue weighted by Gasteiger charge is -2.07. The number of aromatic amines is 1. The lowest BCUT2D eigenvalue weighted by Crippen LogP contribution is -2.02. The summed E-state index contributed by atoms with van der Waals surface area (Å²) in [7, 11) is 0. The van der Waals surface area contributed by atoms with Crippen LogP contribution in [0.2, 0.25) is 0 Å². The highest BCUT2D eigenvalue weighted by Crippen LogP contribution is 2.25. The van der Waals surface area contributed by atoms with E-state index in [0.717, 1.165) is 11.3 Å². The lowest BCUT2D eigenvalue weighted by atomic mass is 10.2. The van der Waals surface area contributed by atoms with Gasteiger partial charge in [-0.3, -0.25) is 5.10 Å². The van der Waals surface area contributed by atoms with Crippen LogP contribution in [0.15, 0.2) is 70.7 Å². The zero-order valence-corrected chi connectivity index (χ0v) is 16.5. The molecular formula is C20H21N7O3. The van der Waals surface area contributed by atoms with E-state index in [4.69, 9.17) is 4.42 Å². The molecule has 0 unspecified atom stereocenters. The maximum atomic E-state index is 10.2. The van der Waals surface area contributed by atoms with Crippen molar-refractivity contribution >= 4 is 17.5 Å². The van der Waals surface area contributed by atoms with Crippen molar-refractivity contribution in [2.75, 3.05) is 10.6 Å². The number of H-pyrrole nitrogens is 1. The van der Waals surface area contributed by atoms with Crippen molar-refractivity contribution < 1.29 is 9.25 Å². The second-order valence-corrected chi connectivity index (χ2v) is 5.66. The Labute approximate surface area is 172 Å². The lowest BCUT2D eigenvalue weighted by molar-refractivity contribution is 0.335. The molecule has 0 atom stereocenters. The smallest absolute Gasteiger partial charge is 0.246 e. The number of hydrogen-bond acceptors (Lipinski definition) is 9. The average Bonchev–Trinajstić information content (AvgIpc) is 3.47. The Morgan fingerprint density at radius 1 is 1.17 bits per heavy atom. The second kappa shape index (κ2) is 10.4. The van der Waals surface area contributed by atoms with Gasteiger partial charge in [0.1, 0.15) is 11.6 Å². The predicted octanol–water partition coefficient (Wildman–Crippen LogP) is 4.90. The maximum Gasteiger partial charge on any atom is 0.246 e. The standard InChI is InChI=1S/C18H15N7O3.C2H6/c26-25-28-13-5-1-4-12(10-13)21-18-22-17(23-24-18)15-7-2-8-19-16(15)20-11-14-6-3-9-27-14;1-2/h1-10H,11H2,(H,19,20)(H2,21,22,23,24);1-2H3. The number of furan rings is 1. The summed E-state index contributed by atoms with van der Waals surface area (Å²) in [6.07, 6.45) is 3.31. The monoisotopic (exact) mass is 407 g/mol. The Balaban J connectivity index is 0.00000124. The van der Waals surface area contributed by atoms with Crippen LogP contribution in [0.5, 0.6) is 5.75 Å². The van der Waals surface area contributed by atoms with Crippen LogP contribution in [-0.2, 0) is 6.54 Å². The van der Waals surface area contributed by atoms with Gasteiger partial charge in [0.25, 0.3) is 0 Å². The van der Waals surface area contributed by atoms with Gasteiger partial charge in [-0.25, -0.2) is 4.98 Å². The molecule has 0 saturated carbocycles. The van der Waals surface area contributed by atoms with Gasteiger partial charge >= 0.3 is 0 Å². The number of anilines is 3. The van der Waals surface area contributed by atoms with Gasteiger partial charge in [-0.05, 0) is 36.4 Å². The summed E-state index contributed by atoms with van der Waals surface area (Å²) in [5.74, 6) is 2.65. The normalized spacial score (nSPS) is 9.93. The molecule has 0 spiro atoms. The molecule has 0 aliphatic heterocycles. The first-order valence-electron chi connectivity index (χ1n) is 9.32. The molecular weight excluding hydrogens is 386 g/mol. The van der Waals surface area contributed by atoms with Crippen LogP contribution < -0.4 is 15.5 Å². The number of hydrogen-bond donors (Lipinski definition) is 3. The zero-order chi connectivity index (χ0) is 21.2. The van der Waals surface area contributed by atoms with E-state index < -0.39 is 0 Å². The summed E-state index contributed by atoms with van der Waals surface area (Å²) in [6.45, 7) is 4.49. The summed E-state index contributed by atoms with van der Waals surface area (Å²) in [4.78, 5) is 23.6. The van der Waals surface area contributed by atoms with E-state index in [1.807, 2.05) is 38.1 Å². The fraction of sp³-hybridized carbons (Fsp3) is 0.150. The largest absolute Gasteiger partial charge is 0.467 e. The topological polar surface area (TPSA) is 130 Å². The Hall–Kier alpha value is -4.21. The van der Waals surface area contributed by atoms with Crippen molar-refractivity contribution in [3.05, 3.63) is 71.7 Å². The van der Waals surface area contributed by atoms with Gasteiger partial charge in [-0.2, -0.15) is 4.98 Å². The van der Waals surface area contributed by atoms with Crippen molar-refractivity contribution in [3.63, 3.8) is 0 Å². The molecule has 154 valence electrons. The first-order valence-corrected chi connectivity index (χ1v) is 9.32. The second-order valence-electron chi connectivity index (χ2n) is 5.66. The molecule has 3 aromatic heterocycles. The van der Waals surface area contributed by atoms with Crippen molar-refractivity contribution in [2.45, 2.75) is 20.4 Å². The molecule has 10 heteroatoms. The molecule has 0 bridgehead atoms. The molecule has 0 radical (unpaired) electrons. The van der Waals surface area contributed by atoms with Crippen molar-refractivity contribution in [1.82, 2.24) is 20.2 Å². The van der Waals surface area contributed by atoms with Crippen LogP contribution in [0.3, 0.4) is 0 Å². The minimum Gasteiger partial charge on any atom is -0.467 e. The Morgan fingerprint density at radius 2 is 2.07 bits per heavy atom. The molecule has 1 aromatic carbocycles. The molecule has 0 saturated heterocycles. The van der Waals surface area contributed by atoms with Gasteiger partial charge < -0.3 is 19.9 Å². The Kier molecular flexibility index (Phi) is 7.09. The fourth-order valence-corrected chi connectivity index (χ4v) is 2.56. The molecule has 4 rings (SSSR count). The molecule has 3 heterocycles. The number of aromatic nitrogens is 4. The molecule has 3 N–H and O–H groups in total. The van der Waals surface area contributed by atoms with Gasteiger partial charge in [0.05, 0.1) is 18.4 Å². The van der Waals surface area contributed by atoms with Gasteiger partial charge in [0, 0.05) is 18.0 Å². The highest BCUT2D eigenvalue weighted by molar-refractivity contribution is 5.70. The predicted molar refractivity (Wildman–Crippen MR) is 113 cm³/mol. The van der Waals surface area contributed by atoms with E-state index in [2.05, 4.69) is 41.0 Å². The van der Waals surface area contributed by atoms with E-state index in [9.17, 15) is 4.91 Å². The summed E-state index contributed by atoms with van der Waals surface area (Å²) < 4.78 is 5.33. The number of pyridine rings is 1. The Morgan fingerprint density at radius 3 is 2.87 bits per heavy atom. The van der Waals surface area contributed by atoms with Crippen LogP contribution in [-0.4, -0.2) is 20.2 Å². The molecule has 0 amide bonds. The van der Waals surface area contributed by atoms with Crippen LogP contribution in [0, 0.1) is 4.91 Å². The van der Waals surface area contributed by atoms with E-state index in [1.165, 1.54) is 0 Å². The SMILES string of the molecule is CC.O=NOc1cccc(Nc2n[nH]c(-c3cccnc3NCc3ccco3)n2)c1. The van der Waals surface area contributed by atoms with E-state index >= 15 is 0 Å². The van der Waals surface area contributed by atoms with Crippen molar-refractivity contribution in [2.24, 2.45) is 5.34 Å². The summed E-state index contributed by atoms with van der Waals surface area (Å²) in [6, 6.07) is 14.1. The van der Waals surface area contributed by atoms with Crippen LogP contribution in [0.25, 0.3) is 11.4 Å². The molecule has 0 fully saturated rings. The number of rotatable bonds is 8. The molecule has 0 aliphatic rings. The van der Waals surface area contributed by atoms with E-state index in [0.29, 0.717) is 35.6 Å². The molecule has 4 aromatic rings. The average molecular weight is 407 g/mol. The third kappa shape index (κ3) is 5.19. The molecule has 10 nitrogen and oxygen atoms in total. The minimum atomic E-state index is 0.312. The van der Waals surface area contributed by atoms with Gasteiger partial charge in [-0.15, -0.1) is 10.0 Å². The van der Waals surface area contributed by atoms with E-state index in [1.54, 1.807) is 36.7 Å². The summed E-state index contributed by atoms with van der Waals surface area (Å²) in [5.41, 5.74) is 1.41. The quantitative estimate of drug-likeness (QED) is 0.278. The van der Waals surface area contributed by atoms with Crippen LogP contribution in [0.4, 0.5) is 17.5 Å². The third-order valence-electron chi connectivity index (χ3n) is 3.79. The highest BCUT2D eigenvalue weighted by Gasteiger charge is 2.12. The van der Waals surface area contributed by atoms with Crippen molar-refractivity contribution in [3.8, 4) is 17.1 Å². The van der Waals surface area contributed by atoms with Gasteiger partial charge in [0.2, 0.25) is 5.95 Å². The first-order chi connectivity index (χ1) is 14.8. The number of nitrogens with one attached hydrogen (secondary N) is 3. The molecule has 0 aliphatic carbocycles. The number of benzene rings is 1. The van der Waals surface area contributed by atoms with E-state index in [-0.39, 0.29) is 0 Å². The Bertz CT molecular complexity index is 1060. The van der Waals surface area contributed by atoms with Gasteiger partial charge in [-0.1, -0.05) is 19.9 Å². The summed E-state index contributed by atoms with van der Waals surface area (Å²) in [5, 5.41) is 15.7. The fourth-order valence-electron chi connectivity index (χ4n) is 2.56. The van der Waals surface area contributed by atoms with Crippen LogP contribution in [0.1, 0.15) is 19.6 Å². The highest BCUT2D eigenvalue weighted by atomic mass is 16.7. The van der Waals surface area contributed by atoms with Crippen molar-refractivity contribution in [1.29, 1.82) is 0 Å². The number of nitrogens with zero attached hydrogens (tertiary/aromatic N) is 4.